The standard InChI is InChI=1S/C16H19F3OS2/c1-2-7-13(16(17,18)19)15(21-10-6-11-22-15)14(20)12-8-4-3-5-9-12/h2-5,8-9,13-14,20H,1,6-7,10-11H2. The minimum atomic E-state index is -4.37. The van der Waals surface area contributed by atoms with Crippen LogP contribution in [-0.4, -0.2) is 26.9 Å². The van der Waals surface area contributed by atoms with Crippen molar-refractivity contribution in [1.29, 1.82) is 0 Å². The molecular formula is C16H19F3OS2. The molecule has 2 unspecified atom stereocenters. The lowest BCUT2D eigenvalue weighted by molar-refractivity contribution is -0.182. The highest BCUT2D eigenvalue weighted by Crippen LogP contribution is 2.59. The fraction of sp³-hybridized carbons (Fsp3) is 0.500. The predicted octanol–water partition coefficient (Wildman–Crippen LogP) is 5.04. The number of aliphatic hydroxyl groups excluding tert-OH is 1. The zero-order valence-electron chi connectivity index (χ0n) is 12.1. The van der Waals surface area contributed by atoms with Gasteiger partial charge in [-0.05, 0) is 29.9 Å². The maximum absolute atomic E-state index is 13.6. The molecule has 6 heteroatoms. The molecule has 22 heavy (non-hydrogen) atoms. The number of allylic oxidation sites excluding steroid dienone is 1. The van der Waals surface area contributed by atoms with Gasteiger partial charge in [-0.15, -0.1) is 30.1 Å². The zero-order chi connectivity index (χ0) is 16.2. The number of alkyl halides is 3. The summed E-state index contributed by atoms with van der Waals surface area (Å²) in [5.41, 5.74) is 0.530. The molecule has 1 heterocycles. The van der Waals surface area contributed by atoms with E-state index in [1.807, 2.05) is 0 Å². The van der Waals surface area contributed by atoms with Gasteiger partial charge in [-0.3, -0.25) is 0 Å². The fourth-order valence-electron chi connectivity index (χ4n) is 2.67. The maximum atomic E-state index is 13.6. The second-order valence-electron chi connectivity index (χ2n) is 5.20. The molecule has 0 radical (unpaired) electrons. The van der Waals surface area contributed by atoms with Gasteiger partial charge >= 0.3 is 6.18 Å². The SMILES string of the molecule is C=CCC(C(F)(F)F)C1(C(O)c2ccccc2)SCCCS1. The van der Waals surface area contributed by atoms with Crippen LogP contribution in [0, 0.1) is 5.92 Å². The van der Waals surface area contributed by atoms with Crippen LogP contribution in [0.4, 0.5) is 13.2 Å². The van der Waals surface area contributed by atoms with Gasteiger partial charge in [0.25, 0.3) is 0 Å². The quantitative estimate of drug-likeness (QED) is 0.753. The van der Waals surface area contributed by atoms with Gasteiger partial charge < -0.3 is 5.11 Å². The van der Waals surface area contributed by atoms with Crippen molar-refractivity contribution in [2.75, 3.05) is 11.5 Å². The van der Waals surface area contributed by atoms with Crippen molar-refractivity contribution in [2.24, 2.45) is 5.92 Å². The summed E-state index contributed by atoms with van der Waals surface area (Å²) < 4.78 is 39.6. The predicted molar refractivity (Wildman–Crippen MR) is 88.0 cm³/mol. The van der Waals surface area contributed by atoms with E-state index in [9.17, 15) is 18.3 Å². The molecule has 0 spiro atoms. The Labute approximate surface area is 137 Å². The van der Waals surface area contributed by atoms with Gasteiger partial charge in [-0.25, -0.2) is 0 Å². The lowest BCUT2D eigenvalue weighted by Gasteiger charge is -2.45. The maximum Gasteiger partial charge on any atom is 0.394 e. The Balaban J connectivity index is 2.44. The first-order chi connectivity index (χ1) is 10.4. The minimum Gasteiger partial charge on any atom is -0.386 e. The number of benzene rings is 1. The van der Waals surface area contributed by atoms with Crippen molar-refractivity contribution >= 4 is 23.5 Å². The topological polar surface area (TPSA) is 20.2 Å². The molecule has 0 bridgehead atoms. The molecule has 1 aromatic rings. The molecule has 0 amide bonds. The summed E-state index contributed by atoms with van der Waals surface area (Å²) in [6.07, 6.45) is -3.57. The van der Waals surface area contributed by atoms with E-state index in [-0.39, 0.29) is 6.42 Å². The Hall–Kier alpha value is -0.590. The van der Waals surface area contributed by atoms with Crippen LogP contribution >= 0.6 is 23.5 Å². The van der Waals surface area contributed by atoms with Gasteiger partial charge in [0.1, 0.15) is 10.2 Å². The van der Waals surface area contributed by atoms with Crippen LogP contribution in [0.3, 0.4) is 0 Å². The third-order valence-electron chi connectivity index (χ3n) is 3.72. The Kier molecular flexibility index (Phi) is 5.91. The van der Waals surface area contributed by atoms with Crippen LogP contribution in [0.5, 0.6) is 0 Å². The van der Waals surface area contributed by atoms with E-state index in [1.54, 1.807) is 30.3 Å². The molecular weight excluding hydrogens is 329 g/mol. The van der Waals surface area contributed by atoms with E-state index in [4.69, 9.17) is 0 Å². The first kappa shape index (κ1) is 17.8. The van der Waals surface area contributed by atoms with Gasteiger partial charge in [0.2, 0.25) is 0 Å². The number of hydrogen-bond donors (Lipinski definition) is 1. The van der Waals surface area contributed by atoms with Crippen molar-refractivity contribution in [1.82, 2.24) is 0 Å². The first-order valence-corrected chi connectivity index (χ1v) is 9.07. The van der Waals surface area contributed by atoms with Crippen molar-refractivity contribution in [2.45, 2.75) is 29.2 Å². The summed E-state index contributed by atoms with van der Waals surface area (Å²) in [5, 5.41) is 10.8. The lowest BCUT2D eigenvalue weighted by Crippen LogP contribution is -2.47. The van der Waals surface area contributed by atoms with Crippen LogP contribution in [0.25, 0.3) is 0 Å². The van der Waals surface area contributed by atoms with Crippen molar-refractivity contribution < 1.29 is 18.3 Å². The van der Waals surface area contributed by atoms with E-state index < -0.39 is 22.3 Å². The van der Waals surface area contributed by atoms with Crippen LogP contribution in [-0.2, 0) is 0 Å². The van der Waals surface area contributed by atoms with Crippen LogP contribution in [0.15, 0.2) is 43.0 Å². The number of thioether (sulfide) groups is 2. The summed E-state index contributed by atoms with van der Waals surface area (Å²) in [6, 6.07) is 8.63. The lowest BCUT2D eigenvalue weighted by atomic mass is 9.92. The minimum absolute atomic E-state index is 0.187. The highest BCUT2D eigenvalue weighted by atomic mass is 32.2. The fourth-order valence-corrected chi connectivity index (χ4v) is 6.36. The molecule has 1 fully saturated rings. The first-order valence-electron chi connectivity index (χ1n) is 7.10. The highest BCUT2D eigenvalue weighted by molar-refractivity contribution is 8.18. The normalized spacial score (nSPS) is 21.1. The average Bonchev–Trinajstić information content (AvgIpc) is 2.52. The van der Waals surface area contributed by atoms with Crippen molar-refractivity contribution in [3.05, 3.63) is 48.6 Å². The Morgan fingerprint density at radius 2 is 1.82 bits per heavy atom. The largest absolute Gasteiger partial charge is 0.394 e. The molecule has 1 aliphatic heterocycles. The molecule has 0 aliphatic carbocycles. The van der Waals surface area contributed by atoms with Crippen molar-refractivity contribution in [3.8, 4) is 0 Å². The molecule has 1 N–H and O–H groups in total. The molecule has 1 nitrogen and oxygen atoms in total. The summed E-state index contributed by atoms with van der Waals surface area (Å²) >= 11 is 2.47. The number of halogens is 3. The number of hydrogen-bond acceptors (Lipinski definition) is 3. The molecule has 2 rings (SSSR count). The van der Waals surface area contributed by atoms with E-state index in [0.29, 0.717) is 17.1 Å². The van der Waals surface area contributed by atoms with E-state index >= 15 is 0 Å². The van der Waals surface area contributed by atoms with E-state index in [2.05, 4.69) is 6.58 Å². The van der Waals surface area contributed by atoms with Gasteiger partial charge in [0.15, 0.2) is 0 Å². The second-order valence-corrected chi connectivity index (χ2v) is 8.21. The second kappa shape index (κ2) is 7.32. The molecule has 2 atom stereocenters. The average molecular weight is 348 g/mol. The zero-order valence-corrected chi connectivity index (χ0v) is 13.7. The number of aliphatic hydroxyl groups is 1. The summed E-state index contributed by atoms with van der Waals surface area (Å²) in [6.45, 7) is 3.47. The van der Waals surface area contributed by atoms with E-state index in [0.717, 1.165) is 6.42 Å². The monoisotopic (exact) mass is 348 g/mol. The highest BCUT2D eigenvalue weighted by Gasteiger charge is 2.57. The summed E-state index contributed by atoms with van der Waals surface area (Å²) in [5.74, 6) is -0.371. The van der Waals surface area contributed by atoms with Crippen LogP contribution < -0.4 is 0 Å². The smallest absolute Gasteiger partial charge is 0.386 e. The third kappa shape index (κ3) is 3.66. The molecule has 1 aromatic carbocycles. The van der Waals surface area contributed by atoms with Crippen molar-refractivity contribution in [3.63, 3.8) is 0 Å². The van der Waals surface area contributed by atoms with E-state index in [1.165, 1.54) is 29.6 Å². The molecule has 1 saturated heterocycles. The summed E-state index contributed by atoms with van der Waals surface area (Å²) in [7, 11) is 0. The Morgan fingerprint density at radius 1 is 1.23 bits per heavy atom. The molecule has 0 saturated carbocycles. The van der Waals surface area contributed by atoms with Gasteiger partial charge in [-0.2, -0.15) is 13.2 Å². The van der Waals surface area contributed by atoms with Gasteiger partial charge in [0.05, 0.1) is 5.92 Å². The molecule has 1 aliphatic rings. The third-order valence-corrected chi connectivity index (χ3v) is 7.33. The molecule has 0 aromatic heterocycles. The number of rotatable bonds is 5. The molecule has 122 valence electrons. The van der Waals surface area contributed by atoms with Gasteiger partial charge in [-0.1, -0.05) is 36.4 Å². The summed E-state index contributed by atoms with van der Waals surface area (Å²) in [4.78, 5) is 0. The Bertz CT molecular complexity index is 484. The van der Waals surface area contributed by atoms with Gasteiger partial charge in [0, 0.05) is 0 Å². The van der Waals surface area contributed by atoms with Crippen LogP contribution in [0.2, 0.25) is 0 Å². The Morgan fingerprint density at radius 3 is 2.32 bits per heavy atom. The van der Waals surface area contributed by atoms with Crippen LogP contribution in [0.1, 0.15) is 24.5 Å².